The van der Waals surface area contributed by atoms with Crippen molar-refractivity contribution in [3.8, 4) is 0 Å². The van der Waals surface area contributed by atoms with Crippen LogP contribution in [-0.4, -0.2) is 47.0 Å². The molecule has 0 bridgehead atoms. The van der Waals surface area contributed by atoms with Crippen molar-refractivity contribution in [2.75, 3.05) is 31.1 Å². The normalized spacial score (nSPS) is 14.9. The molecule has 0 saturated carbocycles. The van der Waals surface area contributed by atoms with E-state index in [0.717, 1.165) is 64.2 Å². The van der Waals surface area contributed by atoms with Crippen LogP contribution < -0.4 is 4.90 Å². The van der Waals surface area contributed by atoms with Gasteiger partial charge in [-0.2, -0.15) is 0 Å². The minimum atomic E-state index is 0.0576. The van der Waals surface area contributed by atoms with E-state index in [1.807, 2.05) is 4.90 Å². The molecule has 1 saturated heterocycles. The van der Waals surface area contributed by atoms with Crippen LogP contribution in [-0.2, 0) is 6.42 Å². The van der Waals surface area contributed by atoms with E-state index < -0.39 is 0 Å². The molecule has 1 aliphatic heterocycles. The number of rotatable bonds is 8. The number of piperidine rings is 1. The smallest absolute Gasteiger partial charge is 0.256 e. The lowest BCUT2D eigenvalue weighted by molar-refractivity contribution is 0.0689. The molecular formula is C23H32N4O. The predicted molar refractivity (Wildman–Crippen MR) is 114 cm³/mol. The molecule has 1 aromatic carbocycles. The molecule has 0 radical (unpaired) electrons. The van der Waals surface area contributed by atoms with Crippen molar-refractivity contribution in [1.82, 2.24) is 14.9 Å². The summed E-state index contributed by atoms with van der Waals surface area (Å²) in [6, 6.07) is 10.6. The summed E-state index contributed by atoms with van der Waals surface area (Å²) < 4.78 is 0. The molecule has 2 heterocycles. The van der Waals surface area contributed by atoms with Crippen LogP contribution in [0.2, 0.25) is 0 Å². The molecule has 3 rings (SSSR count). The third kappa shape index (κ3) is 5.31. The zero-order valence-electron chi connectivity index (χ0n) is 17.2. The van der Waals surface area contributed by atoms with Gasteiger partial charge in [-0.15, -0.1) is 0 Å². The van der Waals surface area contributed by atoms with Crippen molar-refractivity contribution in [2.24, 2.45) is 5.92 Å². The molecule has 0 aliphatic carbocycles. The van der Waals surface area contributed by atoms with E-state index >= 15 is 0 Å². The van der Waals surface area contributed by atoms with Crippen LogP contribution in [0.3, 0.4) is 0 Å². The molecule has 28 heavy (non-hydrogen) atoms. The van der Waals surface area contributed by atoms with Crippen molar-refractivity contribution in [3.05, 3.63) is 53.9 Å². The summed E-state index contributed by atoms with van der Waals surface area (Å²) in [6.45, 7) is 7.82. The van der Waals surface area contributed by atoms with Crippen LogP contribution >= 0.6 is 0 Å². The highest BCUT2D eigenvalue weighted by Crippen LogP contribution is 2.23. The zero-order valence-corrected chi connectivity index (χ0v) is 17.2. The van der Waals surface area contributed by atoms with Gasteiger partial charge in [-0.05, 0) is 43.6 Å². The number of carbonyl (C=O) groups is 1. The van der Waals surface area contributed by atoms with Gasteiger partial charge in [0.2, 0.25) is 5.95 Å². The quantitative estimate of drug-likeness (QED) is 0.689. The van der Waals surface area contributed by atoms with Crippen molar-refractivity contribution in [3.63, 3.8) is 0 Å². The van der Waals surface area contributed by atoms with Gasteiger partial charge >= 0.3 is 0 Å². The summed E-state index contributed by atoms with van der Waals surface area (Å²) in [6.07, 6.45) is 8.72. The minimum Gasteiger partial charge on any atom is -0.341 e. The average Bonchev–Trinajstić information content (AvgIpc) is 2.74. The monoisotopic (exact) mass is 380 g/mol. The Balaban J connectivity index is 1.54. The maximum absolute atomic E-state index is 12.8. The van der Waals surface area contributed by atoms with Gasteiger partial charge in [0.25, 0.3) is 5.91 Å². The van der Waals surface area contributed by atoms with E-state index in [-0.39, 0.29) is 5.91 Å². The lowest BCUT2D eigenvalue weighted by atomic mass is 9.90. The number of hydrogen-bond donors (Lipinski definition) is 0. The fourth-order valence-electron chi connectivity index (χ4n) is 3.92. The van der Waals surface area contributed by atoms with Crippen molar-refractivity contribution < 1.29 is 4.79 Å². The molecule has 150 valence electrons. The van der Waals surface area contributed by atoms with Gasteiger partial charge in [-0.25, -0.2) is 9.97 Å². The SMILES string of the molecule is CCCN(CCC)c1ncc(C(=O)N2CCC(Cc3ccccc3)CC2)cn1. The van der Waals surface area contributed by atoms with Crippen molar-refractivity contribution >= 4 is 11.9 Å². The molecule has 1 aromatic heterocycles. The molecule has 0 spiro atoms. The molecule has 0 unspecified atom stereocenters. The summed E-state index contributed by atoms with van der Waals surface area (Å²) in [4.78, 5) is 25.9. The molecule has 1 aliphatic rings. The van der Waals surface area contributed by atoms with E-state index in [4.69, 9.17) is 0 Å². The third-order valence-corrected chi connectivity index (χ3v) is 5.42. The maximum atomic E-state index is 12.8. The Kier molecular flexibility index (Phi) is 7.40. The van der Waals surface area contributed by atoms with Crippen LogP contribution in [0.15, 0.2) is 42.7 Å². The van der Waals surface area contributed by atoms with Gasteiger partial charge in [0.15, 0.2) is 0 Å². The fraction of sp³-hybridized carbons (Fsp3) is 0.522. The van der Waals surface area contributed by atoms with E-state index in [9.17, 15) is 4.79 Å². The van der Waals surface area contributed by atoms with Gasteiger partial charge < -0.3 is 9.80 Å². The van der Waals surface area contributed by atoms with Gasteiger partial charge in [0.1, 0.15) is 0 Å². The number of benzene rings is 1. The summed E-state index contributed by atoms with van der Waals surface area (Å²) >= 11 is 0. The van der Waals surface area contributed by atoms with E-state index in [0.29, 0.717) is 11.5 Å². The van der Waals surface area contributed by atoms with E-state index in [1.165, 1.54) is 5.56 Å². The lowest BCUT2D eigenvalue weighted by Gasteiger charge is -2.32. The van der Waals surface area contributed by atoms with Gasteiger partial charge in [-0.1, -0.05) is 44.2 Å². The summed E-state index contributed by atoms with van der Waals surface area (Å²) in [5, 5.41) is 0. The van der Waals surface area contributed by atoms with E-state index in [1.54, 1.807) is 12.4 Å². The Bertz CT molecular complexity index is 718. The Morgan fingerprint density at radius 1 is 1.04 bits per heavy atom. The summed E-state index contributed by atoms with van der Waals surface area (Å²) in [5.41, 5.74) is 1.98. The number of anilines is 1. The van der Waals surface area contributed by atoms with Crippen LogP contribution in [0.25, 0.3) is 0 Å². The summed E-state index contributed by atoms with van der Waals surface area (Å²) in [5.74, 6) is 1.44. The topological polar surface area (TPSA) is 49.3 Å². The number of nitrogens with zero attached hydrogens (tertiary/aromatic N) is 4. The number of hydrogen-bond acceptors (Lipinski definition) is 4. The molecule has 1 amide bonds. The molecule has 5 heteroatoms. The molecular weight excluding hydrogens is 348 g/mol. The Hall–Kier alpha value is -2.43. The molecule has 0 N–H and O–H groups in total. The Morgan fingerprint density at radius 2 is 1.64 bits per heavy atom. The van der Waals surface area contributed by atoms with Crippen molar-refractivity contribution in [2.45, 2.75) is 46.0 Å². The first kappa shape index (κ1) is 20.3. The highest BCUT2D eigenvalue weighted by atomic mass is 16.2. The van der Waals surface area contributed by atoms with Crippen LogP contribution in [0.1, 0.15) is 55.5 Å². The third-order valence-electron chi connectivity index (χ3n) is 5.42. The largest absolute Gasteiger partial charge is 0.341 e. The second-order valence-electron chi connectivity index (χ2n) is 7.68. The fourth-order valence-corrected chi connectivity index (χ4v) is 3.92. The first-order valence-electron chi connectivity index (χ1n) is 10.6. The minimum absolute atomic E-state index is 0.0576. The second kappa shape index (κ2) is 10.2. The Morgan fingerprint density at radius 3 is 2.21 bits per heavy atom. The zero-order chi connectivity index (χ0) is 19.8. The first-order chi connectivity index (χ1) is 13.7. The number of carbonyl (C=O) groups excluding carboxylic acids is 1. The highest BCUT2D eigenvalue weighted by Gasteiger charge is 2.24. The Labute approximate surface area is 168 Å². The number of amides is 1. The first-order valence-corrected chi connectivity index (χ1v) is 10.6. The van der Waals surface area contributed by atoms with Gasteiger partial charge in [-0.3, -0.25) is 4.79 Å². The van der Waals surface area contributed by atoms with Gasteiger partial charge in [0, 0.05) is 38.6 Å². The second-order valence-corrected chi connectivity index (χ2v) is 7.68. The standard InChI is InChI=1S/C23H32N4O/c1-3-12-27(13-4-2)23-24-17-21(18-25-23)22(28)26-14-10-20(11-15-26)16-19-8-6-5-7-9-19/h5-9,17-18,20H,3-4,10-16H2,1-2H3. The van der Waals surface area contributed by atoms with Crippen LogP contribution in [0.4, 0.5) is 5.95 Å². The number of likely N-dealkylation sites (tertiary alicyclic amines) is 1. The molecule has 1 fully saturated rings. The van der Waals surface area contributed by atoms with Crippen molar-refractivity contribution in [1.29, 1.82) is 0 Å². The molecule has 2 aromatic rings. The van der Waals surface area contributed by atoms with Crippen LogP contribution in [0.5, 0.6) is 0 Å². The van der Waals surface area contributed by atoms with Crippen LogP contribution in [0, 0.1) is 5.92 Å². The predicted octanol–water partition coefficient (Wildman–Crippen LogP) is 4.20. The maximum Gasteiger partial charge on any atom is 0.256 e. The van der Waals surface area contributed by atoms with E-state index in [2.05, 4.69) is 59.0 Å². The lowest BCUT2D eigenvalue weighted by Crippen LogP contribution is -2.39. The molecule has 0 atom stereocenters. The van der Waals surface area contributed by atoms with Gasteiger partial charge in [0.05, 0.1) is 5.56 Å². The highest BCUT2D eigenvalue weighted by molar-refractivity contribution is 5.93. The average molecular weight is 381 g/mol. The number of aromatic nitrogens is 2. The summed E-state index contributed by atoms with van der Waals surface area (Å²) in [7, 11) is 0. The molecule has 5 nitrogen and oxygen atoms in total.